The summed E-state index contributed by atoms with van der Waals surface area (Å²) in [7, 11) is 0. The molecule has 3 aromatic rings. The highest BCUT2D eigenvalue weighted by Gasteiger charge is 2.31. The number of nitrogens with two attached hydrogens (primary N) is 1. The fourth-order valence-electron chi connectivity index (χ4n) is 5.07. The monoisotopic (exact) mass is 427 g/mol. The molecule has 2 N–H and O–H groups in total. The van der Waals surface area contributed by atoms with Crippen LogP contribution in [0.5, 0.6) is 0 Å². The normalized spacial score (nSPS) is 21.1. The third-order valence-electron chi connectivity index (χ3n) is 6.83. The molecule has 0 unspecified atom stereocenters. The number of benzene rings is 1. The molecule has 6 heteroatoms. The molecule has 2 aliphatic rings. The van der Waals surface area contributed by atoms with Gasteiger partial charge in [0, 0.05) is 49.7 Å². The van der Waals surface area contributed by atoms with Crippen LogP contribution in [0.1, 0.15) is 54.1 Å². The molecule has 0 radical (unpaired) electrons. The molecule has 2 aromatic heterocycles. The average molecular weight is 428 g/mol. The third kappa shape index (κ3) is 4.41. The minimum atomic E-state index is -0.170. The number of rotatable bonds is 5. The topological polar surface area (TPSA) is 85.0 Å². The van der Waals surface area contributed by atoms with Crippen LogP contribution < -0.4 is 5.73 Å². The van der Waals surface area contributed by atoms with Gasteiger partial charge in [0.15, 0.2) is 5.82 Å². The molecule has 6 nitrogen and oxygen atoms in total. The Labute approximate surface area is 188 Å². The number of hydrogen-bond acceptors (Lipinski definition) is 5. The van der Waals surface area contributed by atoms with Crippen molar-refractivity contribution in [3.8, 4) is 11.5 Å². The van der Waals surface area contributed by atoms with E-state index in [1.54, 1.807) is 6.20 Å². The molecular weight excluding hydrogens is 398 g/mol. The number of pyridine rings is 1. The molecule has 1 fully saturated rings. The van der Waals surface area contributed by atoms with Crippen LogP contribution >= 0.6 is 0 Å². The first-order valence-corrected chi connectivity index (χ1v) is 11.5. The van der Waals surface area contributed by atoms with Gasteiger partial charge in [-0.3, -0.25) is 14.7 Å². The van der Waals surface area contributed by atoms with Crippen molar-refractivity contribution in [1.82, 2.24) is 19.9 Å². The van der Waals surface area contributed by atoms with E-state index in [2.05, 4.69) is 40.2 Å². The van der Waals surface area contributed by atoms with E-state index in [0.717, 1.165) is 68.8 Å². The van der Waals surface area contributed by atoms with Gasteiger partial charge < -0.3 is 5.73 Å². The summed E-state index contributed by atoms with van der Waals surface area (Å²) < 4.78 is 0. The summed E-state index contributed by atoms with van der Waals surface area (Å²) in [6.45, 7) is 2.77. The number of nitrogens with zero attached hydrogens (tertiary/aromatic N) is 4. The van der Waals surface area contributed by atoms with E-state index in [9.17, 15) is 4.79 Å². The molecule has 1 aromatic carbocycles. The Bertz CT molecular complexity index is 1080. The van der Waals surface area contributed by atoms with Gasteiger partial charge in [-0.15, -0.1) is 0 Å². The van der Waals surface area contributed by atoms with Crippen LogP contribution in [0.2, 0.25) is 0 Å². The largest absolute Gasteiger partial charge is 0.369 e. The number of carbonyl (C=O) groups excluding carboxylic acids is 1. The van der Waals surface area contributed by atoms with E-state index in [4.69, 9.17) is 15.7 Å². The number of carbonyl (C=O) groups is 1. The van der Waals surface area contributed by atoms with Gasteiger partial charge in [-0.2, -0.15) is 0 Å². The van der Waals surface area contributed by atoms with Crippen LogP contribution in [0.25, 0.3) is 11.5 Å². The fourth-order valence-corrected chi connectivity index (χ4v) is 5.07. The molecule has 0 spiro atoms. The van der Waals surface area contributed by atoms with Gasteiger partial charge >= 0.3 is 0 Å². The quantitative estimate of drug-likeness (QED) is 0.668. The minimum Gasteiger partial charge on any atom is -0.369 e. The van der Waals surface area contributed by atoms with Crippen LogP contribution in [0.4, 0.5) is 0 Å². The smallest absolute Gasteiger partial charge is 0.220 e. The predicted molar refractivity (Wildman–Crippen MR) is 123 cm³/mol. The first-order chi connectivity index (χ1) is 15.7. The Balaban J connectivity index is 1.47. The van der Waals surface area contributed by atoms with E-state index in [-0.39, 0.29) is 11.8 Å². The van der Waals surface area contributed by atoms with Crippen molar-refractivity contribution < 1.29 is 4.79 Å². The standard InChI is InChI=1S/C26H29N5O/c27-25(32)20-11-9-19(10-12-20)24-21-17-31(16-18-6-2-1-3-7-18)15-13-22(21)29-26(30-24)23-8-4-5-14-28-23/h1-8,14,19-20H,9-13,15-17H2,(H2,27,32). The molecule has 3 heterocycles. The summed E-state index contributed by atoms with van der Waals surface area (Å²) in [6.07, 6.45) is 6.26. The Kier molecular flexibility index (Phi) is 5.95. The number of primary amides is 1. The second-order valence-electron chi connectivity index (χ2n) is 8.97. The minimum absolute atomic E-state index is 0.00578. The summed E-state index contributed by atoms with van der Waals surface area (Å²) in [4.78, 5) is 28.7. The summed E-state index contributed by atoms with van der Waals surface area (Å²) in [5.41, 5.74) is 11.3. The van der Waals surface area contributed by atoms with Gasteiger partial charge in [-0.25, -0.2) is 9.97 Å². The Morgan fingerprint density at radius 3 is 2.50 bits per heavy atom. The highest BCUT2D eigenvalue weighted by atomic mass is 16.1. The molecule has 0 bridgehead atoms. The molecule has 1 aliphatic heterocycles. The van der Waals surface area contributed by atoms with Crippen molar-refractivity contribution in [3.05, 3.63) is 77.2 Å². The van der Waals surface area contributed by atoms with E-state index in [1.807, 2.05) is 18.2 Å². The van der Waals surface area contributed by atoms with Crippen LogP contribution in [0.15, 0.2) is 54.7 Å². The lowest BCUT2D eigenvalue weighted by Crippen LogP contribution is -2.33. The summed E-state index contributed by atoms with van der Waals surface area (Å²) in [5.74, 6) is 0.875. The summed E-state index contributed by atoms with van der Waals surface area (Å²) >= 11 is 0. The van der Waals surface area contributed by atoms with Gasteiger partial charge in [0.2, 0.25) is 5.91 Å². The molecule has 0 atom stereocenters. The van der Waals surface area contributed by atoms with Gasteiger partial charge in [0.25, 0.3) is 0 Å². The molecule has 0 saturated heterocycles. The lowest BCUT2D eigenvalue weighted by Gasteiger charge is -2.33. The molecule has 1 aliphatic carbocycles. The highest BCUT2D eigenvalue weighted by Crippen LogP contribution is 2.38. The maximum absolute atomic E-state index is 11.7. The average Bonchev–Trinajstić information content (AvgIpc) is 2.84. The molecule has 5 rings (SSSR count). The van der Waals surface area contributed by atoms with Crippen molar-refractivity contribution in [3.63, 3.8) is 0 Å². The number of amides is 1. The van der Waals surface area contributed by atoms with E-state index >= 15 is 0 Å². The lowest BCUT2D eigenvalue weighted by molar-refractivity contribution is -0.122. The molecule has 1 saturated carbocycles. The van der Waals surface area contributed by atoms with Gasteiger partial charge in [0.1, 0.15) is 5.69 Å². The number of aromatic nitrogens is 3. The second kappa shape index (κ2) is 9.17. The SMILES string of the molecule is NC(=O)C1CCC(c2nc(-c3ccccn3)nc3c2CN(Cc2ccccc2)CC3)CC1. The predicted octanol–water partition coefficient (Wildman–Crippen LogP) is 3.86. The zero-order valence-corrected chi connectivity index (χ0v) is 18.3. The van der Waals surface area contributed by atoms with E-state index < -0.39 is 0 Å². The maximum Gasteiger partial charge on any atom is 0.220 e. The van der Waals surface area contributed by atoms with E-state index in [1.165, 1.54) is 11.1 Å². The zero-order valence-electron chi connectivity index (χ0n) is 18.3. The summed E-state index contributed by atoms with van der Waals surface area (Å²) in [5, 5.41) is 0. The van der Waals surface area contributed by atoms with Crippen molar-refractivity contribution in [1.29, 1.82) is 0 Å². The van der Waals surface area contributed by atoms with Crippen molar-refractivity contribution in [2.75, 3.05) is 6.54 Å². The Hall–Kier alpha value is -3.12. The Morgan fingerprint density at radius 1 is 1.00 bits per heavy atom. The third-order valence-corrected chi connectivity index (χ3v) is 6.83. The van der Waals surface area contributed by atoms with Crippen LogP contribution in [-0.2, 0) is 24.3 Å². The van der Waals surface area contributed by atoms with Crippen LogP contribution in [-0.4, -0.2) is 32.3 Å². The molecular formula is C26H29N5O. The number of hydrogen-bond donors (Lipinski definition) is 1. The van der Waals surface area contributed by atoms with Crippen molar-refractivity contribution >= 4 is 5.91 Å². The highest BCUT2D eigenvalue weighted by molar-refractivity contribution is 5.76. The fraction of sp³-hybridized carbons (Fsp3) is 0.385. The number of fused-ring (bicyclic) bond motifs is 1. The van der Waals surface area contributed by atoms with Crippen LogP contribution in [0, 0.1) is 5.92 Å². The van der Waals surface area contributed by atoms with Gasteiger partial charge in [-0.05, 0) is 43.4 Å². The zero-order chi connectivity index (χ0) is 21.9. The molecule has 1 amide bonds. The van der Waals surface area contributed by atoms with Crippen molar-refractivity contribution in [2.24, 2.45) is 11.7 Å². The molecule has 32 heavy (non-hydrogen) atoms. The van der Waals surface area contributed by atoms with Gasteiger partial charge in [-0.1, -0.05) is 36.4 Å². The first kappa shape index (κ1) is 20.8. The van der Waals surface area contributed by atoms with Crippen molar-refractivity contribution in [2.45, 2.75) is 51.1 Å². The van der Waals surface area contributed by atoms with E-state index in [0.29, 0.717) is 11.7 Å². The molecule has 164 valence electrons. The lowest BCUT2D eigenvalue weighted by atomic mass is 9.78. The van der Waals surface area contributed by atoms with Crippen LogP contribution in [0.3, 0.4) is 0 Å². The second-order valence-corrected chi connectivity index (χ2v) is 8.97. The first-order valence-electron chi connectivity index (χ1n) is 11.5. The Morgan fingerprint density at radius 2 is 1.78 bits per heavy atom. The summed E-state index contributed by atoms with van der Waals surface area (Å²) in [6, 6.07) is 16.5. The van der Waals surface area contributed by atoms with Gasteiger partial charge in [0.05, 0.1) is 11.4 Å². The maximum atomic E-state index is 11.7.